The van der Waals surface area contributed by atoms with Gasteiger partial charge in [0.25, 0.3) is 0 Å². The van der Waals surface area contributed by atoms with Gasteiger partial charge in [-0.25, -0.2) is 24.9 Å². The normalized spacial score (nSPS) is 11.8. The molecule has 0 aliphatic heterocycles. The van der Waals surface area contributed by atoms with Crippen LogP contribution >= 0.6 is 11.3 Å². The predicted molar refractivity (Wildman–Crippen MR) is 257 cm³/mol. The summed E-state index contributed by atoms with van der Waals surface area (Å²) in [6.07, 6.45) is 0. The molecule has 13 aromatic rings. The molecule has 0 saturated carbocycles. The number of nitrogens with zero attached hydrogens (tertiary/aromatic N) is 6. The highest BCUT2D eigenvalue weighted by Gasteiger charge is 2.21. The summed E-state index contributed by atoms with van der Waals surface area (Å²) in [6, 6.07) is 66.8. The van der Waals surface area contributed by atoms with E-state index >= 15 is 0 Å². The van der Waals surface area contributed by atoms with E-state index in [1.54, 1.807) is 11.3 Å². The zero-order valence-electron chi connectivity index (χ0n) is 33.5. The Morgan fingerprint density at radius 3 is 1.83 bits per heavy atom. The molecule has 0 aliphatic carbocycles. The summed E-state index contributed by atoms with van der Waals surface area (Å²) in [5.74, 6) is 2.38. The van der Waals surface area contributed by atoms with Crippen molar-refractivity contribution >= 4 is 75.4 Å². The van der Waals surface area contributed by atoms with Crippen LogP contribution in [0.15, 0.2) is 199 Å². The number of benzene rings is 8. The van der Waals surface area contributed by atoms with Crippen LogP contribution in [0.5, 0.6) is 0 Å². The molecule has 0 atom stereocenters. The van der Waals surface area contributed by atoms with E-state index in [0.717, 1.165) is 93.2 Å². The number of thiophene rings is 1. The standard InChI is InChI=1S/C55H32N6OS/c1-4-15-33(16-5-1)49-51-50(41-22-11-13-26-47(41)63-51)57-53(56-49)36-28-30-40-46(32-36)62-45-25-14-23-42(48(40)45)55-59-52(34-17-6-2-7-18-34)58-54(60-55)35-27-29-39-38-21-10-12-24-43(38)61(44(39)31-35)37-19-8-3-9-20-37/h1-32H. The molecule has 5 aromatic heterocycles. The van der Waals surface area contributed by atoms with Gasteiger partial charge in [-0.15, -0.1) is 11.3 Å². The highest BCUT2D eigenvalue weighted by atomic mass is 32.1. The molecule has 8 aromatic carbocycles. The highest BCUT2D eigenvalue weighted by molar-refractivity contribution is 7.26. The monoisotopic (exact) mass is 824 g/mol. The second kappa shape index (κ2) is 14.1. The number of furan rings is 1. The first-order valence-corrected chi connectivity index (χ1v) is 21.6. The fraction of sp³-hybridized carbons (Fsp3) is 0. The first-order valence-electron chi connectivity index (χ1n) is 20.8. The van der Waals surface area contributed by atoms with Crippen LogP contribution in [0.2, 0.25) is 0 Å². The first-order chi connectivity index (χ1) is 31.2. The topological polar surface area (TPSA) is 82.5 Å². The van der Waals surface area contributed by atoms with Gasteiger partial charge in [-0.1, -0.05) is 146 Å². The van der Waals surface area contributed by atoms with Gasteiger partial charge in [0.2, 0.25) is 0 Å². The van der Waals surface area contributed by atoms with Crippen molar-refractivity contribution in [1.82, 2.24) is 29.5 Å². The van der Waals surface area contributed by atoms with Gasteiger partial charge in [0.1, 0.15) is 11.2 Å². The number of para-hydroxylation sites is 2. The van der Waals surface area contributed by atoms with E-state index in [-0.39, 0.29) is 0 Å². The minimum Gasteiger partial charge on any atom is -0.456 e. The molecule has 0 spiro atoms. The zero-order valence-corrected chi connectivity index (χ0v) is 34.3. The van der Waals surface area contributed by atoms with Crippen LogP contribution in [0.25, 0.3) is 127 Å². The Morgan fingerprint density at radius 1 is 0.397 bits per heavy atom. The highest BCUT2D eigenvalue weighted by Crippen LogP contribution is 2.42. The van der Waals surface area contributed by atoms with Crippen molar-refractivity contribution in [2.24, 2.45) is 0 Å². The Hall–Kier alpha value is -8.33. The summed E-state index contributed by atoms with van der Waals surface area (Å²) in [7, 11) is 0. The maximum atomic E-state index is 6.67. The van der Waals surface area contributed by atoms with Gasteiger partial charge in [0, 0.05) is 65.1 Å². The molecule has 63 heavy (non-hydrogen) atoms. The van der Waals surface area contributed by atoms with Gasteiger partial charge in [-0.3, -0.25) is 0 Å². The Bertz CT molecular complexity index is 3910. The van der Waals surface area contributed by atoms with Crippen molar-refractivity contribution in [2.75, 3.05) is 0 Å². The number of hydrogen-bond acceptors (Lipinski definition) is 7. The summed E-state index contributed by atoms with van der Waals surface area (Å²) in [5, 5.41) is 5.36. The van der Waals surface area contributed by atoms with Gasteiger partial charge in [0.15, 0.2) is 23.3 Å². The lowest BCUT2D eigenvalue weighted by Crippen LogP contribution is -2.00. The summed E-state index contributed by atoms with van der Waals surface area (Å²) in [5.41, 5.74) is 11.2. The van der Waals surface area contributed by atoms with Crippen LogP contribution in [-0.2, 0) is 0 Å². The minimum atomic E-state index is 0.561. The van der Waals surface area contributed by atoms with Crippen molar-refractivity contribution in [3.8, 4) is 62.5 Å². The molecule has 8 heteroatoms. The van der Waals surface area contributed by atoms with Crippen LogP contribution < -0.4 is 0 Å². The van der Waals surface area contributed by atoms with E-state index in [1.807, 2.05) is 54.6 Å². The molecule has 0 unspecified atom stereocenters. The average molecular weight is 825 g/mol. The zero-order chi connectivity index (χ0) is 41.4. The van der Waals surface area contributed by atoms with Crippen molar-refractivity contribution in [3.63, 3.8) is 0 Å². The molecular formula is C55H32N6OS. The van der Waals surface area contributed by atoms with Crippen molar-refractivity contribution < 1.29 is 4.42 Å². The predicted octanol–water partition coefficient (Wildman–Crippen LogP) is 14.4. The molecule has 0 aliphatic rings. The van der Waals surface area contributed by atoms with E-state index < -0.39 is 0 Å². The van der Waals surface area contributed by atoms with E-state index in [1.165, 1.54) is 10.1 Å². The molecular weight excluding hydrogens is 793 g/mol. The lowest BCUT2D eigenvalue weighted by atomic mass is 10.0. The lowest BCUT2D eigenvalue weighted by Gasteiger charge is -2.11. The first kappa shape index (κ1) is 35.4. The molecule has 0 N–H and O–H groups in total. The summed E-state index contributed by atoms with van der Waals surface area (Å²) in [4.78, 5) is 26.0. The molecule has 0 radical (unpaired) electrons. The third-order valence-corrected chi connectivity index (χ3v) is 13.0. The average Bonchev–Trinajstić information content (AvgIpc) is 4.03. The third-order valence-electron chi connectivity index (χ3n) is 11.9. The quantitative estimate of drug-likeness (QED) is 0.166. The van der Waals surface area contributed by atoms with Crippen molar-refractivity contribution in [2.45, 2.75) is 0 Å². The molecule has 13 rings (SSSR count). The summed E-state index contributed by atoms with van der Waals surface area (Å²) >= 11 is 1.73. The van der Waals surface area contributed by atoms with Crippen molar-refractivity contribution in [1.29, 1.82) is 0 Å². The molecule has 5 heterocycles. The number of hydrogen-bond donors (Lipinski definition) is 0. The molecule has 0 fully saturated rings. The van der Waals surface area contributed by atoms with Crippen LogP contribution in [0.1, 0.15) is 0 Å². The van der Waals surface area contributed by atoms with E-state index in [9.17, 15) is 0 Å². The maximum Gasteiger partial charge on any atom is 0.164 e. The van der Waals surface area contributed by atoms with E-state index in [2.05, 4.69) is 144 Å². The van der Waals surface area contributed by atoms with E-state index in [0.29, 0.717) is 23.3 Å². The fourth-order valence-corrected chi connectivity index (χ4v) is 10.1. The lowest BCUT2D eigenvalue weighted by molar-refractivity contribution is 0.669. The Labute approximate surface area is 364 Å². The summed E-state index contributed by atoms with van der Waals surface area (Å²) in [6.45, 7) is 0. The molecule has 7 nitrogen and oxygen atoms in total. The van der Waals surface area contributed by atoms with Crippen LogP contribution in [-0.4, -0.2) is 29.5 Å². The SMILES string of the molecule is c1ccc(-c2nc(-c3ccc4c5ccccc5n(-c5ccccc5)c4c3)nc(-c3cccc4oc5cc(-c6nc(-c7ccccc7)c7sc8ccccc8c7n6)ccc5c34)n2)cc1. The Morgan fingerprint density at radius 2 is 1.02 bits per heavy atom. The summed E-state index contributed by atoms with van der Waals surface area (Å²) < 4.78 is 11.2. The minimum absolute atomic E-state index is 0.561. The molecule has 0 bridgehead atoms. The largest absolute Gasteiger partial charge is 0.456 e. The Balaban J connectivity index is 0.986. The second-order valence-electron chi connectivity index (χ2n) is 15.6. The van der Waals surface area contributed by atoms with Gasteiger partial charge in [-0.2, -0.15) is 0 Å². The van der Waals surface area contributed by atoms with Crippen LogP contribution in [0.4, 0.5) is 0 Å². The Kier molecular flexibility index (Phi) is 7.94. The maximum absolute atomic E-state index is 6.67. The van der Waals surface area contributed by atoms with Crippen molar-refractivity contribution in [3.05, 3.63) is 194 Å². The van der Waals surface area contributed by atoms with Crippen LogP contribution in [0, 0.1) is 0 Å². The number of rotatable bonds is 6. The van der Waals surface area contributed by atoms with Gasteiger partial charge < -0.3 is 8.98 Å². The molecule has 0 amide bonds. The van der Waals surface area contributed by atoms with Crippen LogP contribution in [0.3, 0.4) is 0 Å². The van der Waals surface area contributed by atoms with Gasteiger partial charge >= 0.3 is 0 Å². The van der Waals surface area contributed by atoms with Gasteiger partial charge in [0.05, 0.1) is 26.9 Å². The fourth-order valence-electron chi connectivity index (χ4n) is 8.97. The van der Waals surface area contributed by atoms with E-state index in [4.69, 9.17) is 29.3 Å². The molecule has 0 saturated heterocycles. The smallest absolute Gasteiger partial charge is 0.164 e. The molecule has 294 valence electrons. The second-order valence-corrected chi connectivity index (χ2v) is 16.7. The van der Waals surface area contributed by atoms with Gasteiger partial charge in [-0.05, 0) is 48.5 Å². The third kappa shape index (κ3) is 5.76. The number of aromatic nitrogens is 6. The number of fused-ring (bicyclic) bond motifs is 9.